The second-order valence-corrected chi connectivity index (χ2v) is 9.55. The van der Waals surface area contributed by atoms with Crippen molar-refractivity contribution in [3.05, 3.63) is 76.2 Å². The Hall–Kier alpha value is -3.98. The van der Waals surface area contributed by atoms with E-state index in [0.29, 0.717) is 16.1 Å². The van der Waals surface area contributed by atoms with Crippen LogP contribution in [0.1, 0.15) is 44.5 Å². The lowest BCUT2D eigenvalue weighted by molar-refractivity contribution is -0.122. The number of benzene rings is 2. The molecule has 0 spiro atoms. The van der Waals surface area contributed by atoms with Gasteiger partial charge in [0.05, 0.1) is 23.0 Å². The van der Waals surface area contributed by atoms with Gasteiger partial charge in [-0.3, -0.25) is 14.4 Å². The van der Waals surface area contributed by atoms with Crippen LogP contribution in [0, 0.1) is 19.8 Å². The third-order valence-corrected chi connectivity index (χ3v) is 7.15. The predicted molar refractivity (Wildman–Crippen MR) is 140 cm³/mol. The summed E-state index contributed by atoms with van der Waals surface area (Å²) in [6.45, 7) is 5.68. The van der Waals surface area contributed by atoms with E-state index in [2.05, 4.69) is 10.6 Å². The van der Waals surface area contributed by atoms with Gasteiger partial charge in [-0.1, -0.05) is 35.9 Å². The molecule has 2 heterocycles. The molecule has 186 valence electrons. The van der Waals surface area contributed by atoms with E-state index in [0.717, 1.165) is 22.6 Å². The van der Waals surface area contributed by atoms with Crippen molar-refractivity contribution < 1.29 is 23.9 Å². The fourth-order valence-electron chi connectivity index (χ4n) is 4.05. The van der Waals surface area contributed by atoms with Gasteiger partial charge in [0.2, 0.25) is 11.8 Å². The summed E-state index contributed by atoms with van der Waals surface area (Å²) < 4.78 is 5.19. The van der Waals surface area contributed by atoms with Crippen molar-refractivity contribution in [2.75, 3.05) is 28.7 Å². The van der Waals surface area contributed by atoms with Gasteiger partial charge in [-0.25, -0.2) is 4.79 Å². The number of rotatable bonds is 7. The van der Waals surface area contributed by atoms with Crippen LogP contribution in [0.15, 0.2) is 54.6 Å². The van der Waals surface area contributed by atoms with Crippen LogP contribution in [0.25, 0.3) is 0 Å². The average Bonchev–Trinajstić information content (AvgIpc) is 3.40. The predicted octanol–water partition coefficient (Wildman–Crippen LogP) is 4.79. The number of amides is 3. The molecule has 0 aliphatic carbocycles. The van der Waals surface area contributed by atoms with E-state index in [4.69, 9.17) is 4.74 Å². The Kier molecular flexibility index (Phi) is 7.49. The van der Waals surface area contributed by atoms with Gasteiger partial charge in [-0.15, -0.1) is 11.3 Å². The number of thiophene rings is 1. The number of hydrogen-bond donors (Lipinski definition) is 2. The third kappa shape index (κ3) is 5.31. The van der Waals surface area contributed by atoms with Crippen LogP contribution < -0.4 is 15.5 Å². The minimum Gasteiger partial charge on any atom is -0.462 e. The fourth-order valence-corrected chi connectivity index (χ4v) is 5.14. The van der Waals surface area contributed by atoms with Crippen LogP contribution >= 0.6 is 11.3 Å². The first-order valence-corrected chi connectivity index (χ1v) is 12.4. The minimum absolute atomic E-state index is 0.0557. The molecule has 3 aromatic rings. The van der Waals surface area contributed by atoms with Gasteiger partial charge in [0.1, 0.15) is 5.00 Å². The summed E-state index contributed by atoms with van der Waals surface area (Å²) in [6.07, 6.45) is 0.0557. The number of nitrogens with zero attached hydrogens (tertiary/aromatic N) is 1. The number of carbonyl (C=O) groups is 4. The molecule has 2 aromatic carbocycles. The second kappa shape index (κ2) is 10.7. The molecule has 4 rings (SSSR count). The van der Waals surface area contributed by atoms with Crippen molar-refractivity contribution in [1.29, 1.82) is 0 Å². The monoisotopic (exact) mass is 505 g/mol. The normalized spacial score (nSPS) is 15.0. The summed E-state index contributed by atoms with van der Waals surface area (Å²) in [5.41, 5.74) is 2.99. The molecule has 2 N–H and O–H groups in total. The van der Waals surface area contributed by atoms with E-state index in [9.17, 15) is 19.2 Å². The van der Waals surface area contributed by atoms with Crippen molar-refractivity contribution in [3.63, 3.8) is 0 Å². The van der Waals surface area contributed by atoms with Gasteiger partial charge in [0.15, 0.2) is 0 Å². The number of ether oxygens (including phenoxy) is 1. The Balaban J connectivity index is 1.56. The highest BCUT2D eigenvalue weighted by atomic mass is 32.1. The first-order valence-electron chi connectivity index (χ1n) is 11.6. The lowest BCUT2D eigenvalue weighted by Crippen LogP contribution is -2.28. The van der Waals surface area contributed by atoms with Gasteiger partial charge in [-0.2, -0.15) is 0 Å². The lowest BCUT2D eigenvalue weighted by atomic mass is 10.1. The minimum atomic E-state index is -0.621. The highest BCUT2D eigenvalue weighted by molar-refractivity contribution is 7.19. The molecule has 1 aliphatic heterocycles. The molecule has 36 heavy (non-hydrogen) atoms. The average molecular weight is 506 g/mol. The first-order chi connectivity index (χ1) is 17.3. The molecule has 1 aromatic heterocycles. The zero-order chi connectivity index (χ0) is 25.8. The summed E-state index contributed by atoms with van der Waals surface area (Å²) in [5, 5.41) is 5.83. The molecule has 0 radical (unpaired) electrons. The smallest absolute Gasteiger partial charge is 0.341 e. The molecular weight excluding hydrogens is 478 g/mol. The Morgan fingerprint density at radius 3 is 2.39 bits per heavy atom. The number of aryl methyl sites for hydroxylation is 1. The third-order valence-electron chi connectivity index (χ3n) is 5.94. The summed E-state index contributed by atoms with van der Waals surface area (Å²) in [4.78, 5) is 53.4. The number of para-hydroxylation sites is 1. The Labute approximate surface area is 213 Å². The van der Waals surface area contributed by atoms with Crippen LogP contribution in [0.4, 0.5) is 16.4 Å². The quantitative estimate of drug-likeness (QED) is 0.450. The summed E-state index contributed by atoms with van der Waals surface area (Å²) >= 11 is 1.01. The molecule has 0 saturated carbocycles. The number of carbonyl (C=O) groups excluding carboxylic acids is 4. The van der Waals surface area contributed by atoms with Crippen LogP contribution in [-0.4, -0.2) is 36.8 Å². The molecule has 9 heteroatoms. The molecular formula is C27H27N3O5S. The molecule has 3 amide bonds. The molecule has 0 bridgehead atoms. The molecule has 1 unspecified atom stereocenters. The number of nitrogens with one attached hydrogen (secondary N) is 2. The van der Waals surface area contributed by atoms with Gasteiger partial charge in [0.25, 0.3) is 5.91 Å². The molecule has 1 saturated heterocycles. The zero-order valence-corrected chi connectivity index (χ0v) is 21.1. The largest absolute Gasteiger partial charge is 0.462 e. The zero-order valence-electron chi connectivity index (χ0n) is 20.3. The van der Waals surface area contributed by atoms with Crippen molar-refractivity contribution in [3.8, 4) is 0 Å². The van der Waals surface area contributed by atoms with E-state index in [-0.39, 0.29) is 42.0 Å². The maximum absolute atomic E-state index is 13.2. The first kappa shape index (κ1) is 25.1. The Morgan fingerprint density at radius 2 is 1.72 bits per heavy atom. The van der Waals surface area contributed by atoms with Crippen molar-refractivity contribution >= 4 is 51.4 Å². The highest BCUT2D eigenvalue weighted by Gasteiger charge is 2.36. The van der Waals surface area contributed by atoms with Gasteiger partial charge in [-0.05, 0) is 50.6 Å². The summed E-state index contributed by atoms with van der Waals surface area (Å²) in [7, 11) is 0. The van der Waals surface area contributed by atoms with E-state index >= 15 is 0 Å². The lowest BCUT2D eigenvalue weighted by Gasteiger charge is -2.17. The number of esters is 1. The number of anilines is 3. The Bertz CT molecular complexity index is 1300. The topological polar surface area (TPSA) is 105 Å². The number of hydrogen-bond acceptors (Lipinski definition) is 6. The van der Waals surface area contributed by atoms with Crippen LogP contribution in [0.3, 0.4) is 0 Å². The van der Waals surface area contributed by atoms with E-state index in [1.807, 2.05) is 37.3 Å². The van der Waals surface area contributed by atoms with Crippen molar-refractivity contribution in [1.82, 2.24) is 0 Å². The van der Waals surface area contributed by atoms with Gasteiger partial charge < -0.3 is 20.3 Å². The summed E-state index contributed by atoms with van der Waals surface area (Å²) in [6, 6.07) is 16.5. The van der Waals surface area contributed by atoms with Crippen molar-refractivity contribution in [2.45, 2.75) is 27.2 Å². The van der Waals surface area contributed by atoms with Gasteiger partial charge in [0, 0.05) is 24.3 Å². The second-order valence-electron chi connectivity index (χ2n) is 8.53. The Morgan fingerprint density at radius 1 is 1.03 bits per heavy atom. The highest BCUT2D eigenvalue weighted by Crippen LogP contribution is 2.35. The van der Waals surface area contributed by atoms with Crippen molar-refractivity contribution in [2.24, 2.45) is 5.92 Å². The fraction of sp³-hybridized carbons (Fsp3) is 0.259. The van der Waals surface area contributed by atoms with E-state index in [1.165, 1.54) is 0 Å². The molecule has 8 nitrogen and oxygen atoms in total. The van der Waals surface area contributed by atoms with E-state index < -0.39 is 17.8 Å². The van der Waals surface area contributed by atoms with Crippen LogP contribution in [0.2, 0.25) is 0 Å². The molecule has 1 aliphatic rings. The van der Waals surface area contributed by atoms with Gasteiger partial charge >= 0.3 is 5.97 Å². The maximum Gasteiger partial charge on any atom is 0.341 e. The standard InChI is InChI=1S/C27H27N3O5S/c1-4-35-27(34)22-17(3)23(25(33)28-19-8-6-5-7-9-19)36-26(22)29-24(32)18-14-21(31)30(15-18)20-12-10-16(2)11-13-20/h5-13,18H,4,14-15H2,1-3H3,(H,28,33)(H,29,32). The molecule has 1 atom stereocenters. The van der Waals surface area contributed by atoms with Crippen LogP contribution in [-0.2, 0) is 14.3 Å². The molecule has 1 fully saturated rings. The van der Waals surface area contributed by atoms with E-state index in [1.54, 1.807) is 43.0 Å². The maximum atomic E-state index is 13.2. The summed E-state index contributed by atoms with van der Waals surface area (Å²) in [5.74, 6) is -2.15. The van der Waals surface area contributed by atoms with Crippen LogP contribution in [0.5, 0.6) is 0 Å². The SMILES string of the molecule is CCOC(=O)c1c(NC(=O)C2CC(=O)N(c3ccc(C)cc3)C2)sc(C(=O)Nc2ccccc2)c1C.